The van der Waals surface area contributed by atoms with Gasteiger partial charge in [-0.3, -0.25) is 9.10 Å². The van der Waals surface area contributed by atoms with Crippen LogP contribution in [0.25, 0.3) is 5.69 Å². The highest BCUT2D eigenvalue weighted by Crippen LogP contribution is 2.24. The van der Waals surface area contributed by atoms with Crippen molar-refractivity contribution in [2.24, 2.45) is 5.10 Å². The molecule has 4 rings (SSSR count). The molecule has 0 fully saturated rings. The Hall–Kier alpha value is -3.88. The summed E-state index contributed by atoms with van der Waals surface area (Å²) in [6, 6.07) is 24.5. The minimum Gasteiger partial charge on any atom is -0.318 e. The number of nitrogens with zero attached hydrogens (tertiary/aromatic N) is 3. The molecule has 190 valence electrons. The second kappa shape index (κ2) is 11.0. The Kier molecular flexibility index (Phi) is 7.80. The van der Waals surface area contributed by atoms with E-state index in [1.807, 2.05) is 57.2 Å². The zero-order valence-electron chi connectivity index (χ0n) is 20.7. The van der Waals surface area contributed by atoms with E-state index in [1.54, 1.807) is 42.6 Å². The number of nitrogens with one attached hydrogen (secondary N) is 1. The van der Waals surface area contributed by atoms with Gasteiger partial charge < -0.3 is 4.57 Å². The molecule has 0 aliphatic heterocycles. The van der Waals surface area contributed by atoms with Crippen molar-refractivity contribution in [1.82, 2.24) is 9.99 Å². The van der Waals surface area contributed by atoms with Gasteiger partial charge in [-0.1, -0.05) is 41.9 Å². The smallest absolute Gasteiger partial charge is 0.264 e. The van der Waals surface area contributed by atoms with E-state index in [0.717, 1.165) is 32.5 Å². The standard InChI is InChI=1S/C28H27ClN4O3S/c1-20-8-7-9-26(16-20)32(37(35,36)27-10-5-4-6-11-27)19-28(34)31-30-18-23-17-21(2)33(22(23)3)25-14-12-24(29)13-15-25/h4-18H,19H2,1-3H3,(H,31,34)/b30-18-. The molecule has 0 atom stereocenters. The minimum absolute atomic E-state index is 0.0995. The van der Waals surface area contributed by atoms with E-state index in [-0.39, 0.29) is 4.90 Å². The van der Waals surface area contributed by atoms with Gasteiger partial charge in [0.25, 0.3) is 15.9 Å². The van der Waals surface area contributed by atoms with Crippen molar-refractivity contribution in [3.63, 3.8) is 0 Å². The molecular weight excluding hydrogens is 508 g/mol. The number of aryl methyl sites for hydroxylation is 2. The van der Waals surface area contributed by atoms with Gasteiger partial charge in [-0.2, -0.15) is 5.10 Å². The summed E-state index contributed by atoms with van der Waals surface area (Å²) in [7, 11) is -3.98. The van der Waals surface area contributed by atoms with E-state index in [4.69, 9.17) is 11.6 Å². The number of benzene rings is 3. The zero-order valence-corrected chi connectivity index (χ0v) is 22.3. The Morgan fingerprint density at radius 1 is 0.973 bits per heavy atom. The number of carbonyl (C=O) groups is 1. The number of rotatable bonds is 8. The first-order chi connectivity index (χ1) is 17.7. The van der Waals surface area contributed by atoms with Gasteiger partial charge in [0.05, 0.1) is 16.8 Å². The quantitative estimate of drug-likeness (QED) is 0.242. The van der Waals surface area contributed by atoms with Crippen LogP contribution >= 0.6 is 11.6 Å². The van der Waals surface area contributed by atoms with Crippen molar-refractivity contribution in [2.45, 2.75) is 25.7 Å². The van der Waals surface area contributed by atoms with E-state index in [0.29, 0.717) is 10.7 Å². The SMILES string of the molecule is Cc1cccc(N(CC(=O)N/N=C\c2cc(C)n(-c3ccc(Cl)cc3)c2C)S(=O)(=O)c2ccccc2)c1. The molecule has 0 spiro atoms. The second-order valence-corrected chi connectivity index (χ2v) is 10.9. The van der Waals surface area contributed by atoms with E-state index in [2.05, 4.69) is 15.1 Å². The van der Waals surface area contributed by atoms with Crippen LogP contribution in [0.15, 0.2) is 94.9 Å². The maximum absolute atomic E-state index is 13.4. The van der Waals surface area contributed by atoms with Gasteiger partial charge in [-0.25, -0.2) is 13.8 Å². The molecule has 7 nitrogen and oxygen atoms in total. The van der Waals surface area contributed by atoms with Crippen LogP contribution in [0.2, 0.25) is 5.02 Å². The zero-order chi connectivity index (χ0) is 26.6. The normalized spacial score (nSPS) is 11.6. The van der Waals surface area contributed by atoms with Crippen molar-refractivity contribution in [3.05, 3.63) is 112 Å². The molecule has 0 aliphatic carbocycles. The summed E-state index contributed by atoms with van der Waals surface area (Å²) in [4.78, 5) is 12.9. The molecule has 1 amide bonds. The van der Waals surface area contributed by atoms with E-state index >= 15 is 0 Å². The van der Waals surface area contributed by atoms with Crippen LogP contribution < -0.4 is 9.73 Å². The lowest BCUT2D eigenvalue weighted by Crippen LogP contribution is -2.39. The number of hydrogen-bond donors (Lipinski definition) is 1. The van der Waals surface area contributed by atoms with Gasteiger partial charge in [0.1, 0.15) is 6.54 Å². The largest absolute Gasteiger partial charge is 0.318 e. The van der Waals surface area contributed by atoms with Crippen LogP contribution in [0, 0.1) is 20.8 Å². The van der Waals surface area contributed by atoms with Gasteiger partial charge in [-0.05, 0) is 80.9 Å². The number of hydrazone groups is 1. The Balaban J connectivity index is 1.54. The Morgan fingerprint density at radius 2 is 1.68 bits per heavy atom. The Morgan fingerprint density at radius 3 is 2.35 bits per heavy atom. The molecule has 1 aromatic heterocycles. The van der Waals surface area contributed by atoms with Crippen LogP contribution in [0.5, 0.6) is 0 Å². The first-order valence-corrected chi connectivity index (χ1v) is 13.4. The first kappa shape index (κ1) is 26.2. The molecule has 0 unspecified atom stereocenters. The van der Waals surface area contributed by atoms with Gasteiger partial charge in [0, 0.05) is 27.7 Å². The summed E-state index contributed by atoms with van der Waals surface area (Å²) >= 11 is 6.02. The van der Waals surface area contributed by atoms with Crippen molar-refractivity contribution >= 4 is 39.4 Å². The fourth-order valence-corrected chi connectivity index (χ4v) is 5.62. The molecule has 0 saturated carbocycles. The lowest BCUT2D eigenvalue weighted by molar-refractivity contribution is -0.119. The van der Waals surface area contributed by atoms with Crippen LogP contribution in [-0.4, -0.2) is 31.7 Å². The summed E-state index contributed by atoms with van der Waals surface area (Å²) < 4.78 is 30.0. The summed E-state index contributed by atoms with van der Waals surface area (Å²) in [5, 5.41) is 4.76. The summed E-state index contributed by atoms with van der Waals surface area (Å²) in [5.74, 6) is -0.566. The summed E-state index contributed by atoms with van der Waals surface area (Å²) in [6.45, 7) is 5.37. The molecule has 3 aromatic carbocycles. The number of halogens is 1. The second-order valence-electron chi connectivity index (χ2n) is 8.60. The van der Waals surface area contributed by atoms with E-state index in [1.165, 1.54) is 12.1 Å². The highest BCUT2D eigenvalue weighted by molar-refractivity contribution is 7.92. The maximum Gasteiger partial charge on any atom is 0.264 e. The third-order valence-corrected chi connectivity index (χ3v) is 7.90. The van der Waals surface area contributed by atoms with Gasteiger partial charge in [0.2, 0.25) is 0 Å². The van der Waals surface area contributed by atoms with Gasteiger partial charge in [0.15, 0.2) is 0 Å². The number of anilines is 1. The fourth-order valence-electron chi connectivity index (χ4n) is 4.06. The molecule has 9 heteroatoms. The topological polar surface area (TPSA) is 83.8 Å². The van der Waals surface area contributed by atoms with E-state index < -0.39 is 22.5 Å². The first-order valence-electron chi connectivity index (χ1n) is 11.6. The maximum atomic E-state index is 13.4. The monoisotopic (exact) mass is 534 g/mol. The van der Waals surface area contributed by atoms with Crippen LogP contribution in [0.4, 0.5) is 5.69 Å². The highest BCUT2D eigenvalue weighted by atomic mass is 35.5. The minimum atomic E-state index is -3.98. The fraction of sp³-hybridized carbons (Fsp3) is 0.143. The number of carbonyl (C=O) groups excluding carboxylic acids is 1. The lowest BCUT2D eigenvalue weighted by Gasteiger charge is -2.24. The number of hydrogen-bond acceptors (Lipinski definition) is 4. The molecule has 1 heterocycles. The lowest BCUT2D eigenvalue weighted by atomic mass is 10.2. The molecule has 1 N–H and O–H groups in total. The highest BCUT2D eigenvalue weighted by Gasteiger charge is 2.27. The molecule has 0 saturated heterocycles. The predicted molar refractivity (Wildman–Crippen MR) is 148 cm³/mol. The average molecular weight is 535 g/mol. The van der Waals surface area contributed by atoms with Gasteiger partial charge >= 0.3 is 0 Å². The molecule has 37 heavy (non-hydrogen) atoms. The molecule has 0 radical (unpaired) electrons. The van der Waals surface area contributed by atoms with Crippen molar-refractivity contribution in [3.8, 4) is 5.69 Å². The number of sulfonamides is 1. The Labute approximate surface area is 222 Å². The average Bonchev–Trinajstić information content (AvgIpc) is 3.16. The molecule has 4 aromatic rings. The van der Waals surface area contributed by atoms with E-state index in [9.17, 15) is 13.2 Å². The third kappa shape index (κ3) is 5.93. The summed E-state index contributed by atoms with van der Waals surface area (Å²) in [6.07, 6.45) is 1.55. The van der Waals surface area contributed by atoms with Crippen LogP contribution in [0.3, 0.4) is 0 Å². The molecular formula is C28H27ClN4O3S. The molecule has 0 aliphatic rings. The van der Waals surface area contributed by atoms with Gasteiger partial charge in [-0.15, -0.1) is 0 Å². The number of amides is 1. The third-order valence-electron chi connectivity index (χ3n) is 5.86. The van der Waals surface area contributed by atoms with Crippen molar-refractivity contribution in [1.29, 1.82) is 0 Å². The molecule has 0 bridgehead atoms. The van der Waals surface area contributed by atoms with Crippen molar-refractivity contribution < 1.29 is 13.2 Å². The predicted octanol–water partition coefficient (Wildman–Crippen LogP) is 5.40. The van der Waals surface area contributed by atoms with Crippen LogP contribution in [0.1, 0.15) is 22.5 Å². The summed E-state index contributed by atoms with van der Waals surface area (Å²) in [5.41, 5.74) is 7.45. The Bertz CT molecular complexity index is 1550. The van der Waals surface area contributed by atoms with Crippen LogP contribution in [-0.2, 0) is 14.8 Å². The van der Waals surface area contributed by atoms with Crippen molar-refractivity contribution in [2.75, 3.05) is 10.8 Å². The number of aromatic nitrogens is 1.